The number of amides is 1. The minimum absolute atomic E-state index is 0.00520. The van der Waals surface area contributed by atoms with E-state index in [4.69, 9.17) is 17.3 Å². The molecule has 0 radical (unpaired) electrons. The van der Waals surface area contributed by atoms with Gasteiger partial charge in [-0.1, -0.05) is 23.7 Å². The lowest BCUT2D eigenvalue weighted by Gasteiger charge is -2.09. The van der Waals surface area contributed by atoms with Crippen LogP contribution < -0.4 is 11.1 Å². The van der Waals surface area contributed by atoms with Crippen LogP contribution in [0.15, 0.2) is 42.5 Å². The van der Waals surface area contributed by atoms with E-state index < -0.39 is 17.8 Å². The molecule has 0 spiro atoms. The summed E-state index contributed by atoms with van der Waals surface area (Å²) >= 11 is 5.99. The normalized spacial score (nSPS) is 11.4. The van der Waals surface area contributed by atoms with Crippen LogP contribution in [0.4, 0.5) is 24.7 Å². The highest BCUT2D eigenvalue weighted by Crippen LogP contribution is 2.33. The van der Waals surface area contributed by atoms with Gasteiger partial charge in [0.2, 0.25) is 0 Å². The fourth-order valence-electron chi connectivity index (χ4n) is 2.42. The van der Waals surface area contributed by atoms with Crippen LogP contribution in [0, 0.1) is 0 Å². The van der Waals surface area contributed by atoms with Gasteiger partial charge in [-0.25, -0.2) is 4.98 Å². The Morgan fingerprint density at radius 3 is 2.52 bits per heavy atom. The molecule has 0 fully saturated rings. The first kappa shape index (κ1) is 18.7. The molecule has 3 aromatic rings. The van der Waals surface area contributed by atoms with Crippen molar-refractivity contribution in [3.05, 3.63) is 58.9 Å². The summed E-state index contributed by atoms with van der Waals surface area (Å²) in [5.74, 6) is -0.652. The quantitative estimate of drug-likeness (QED) is 0.702. The Bertz CT molecular complexity index is 1020. The van der Waals surface area contributed by atoms with Crippen molar-refractivity contribution in [3.8, 4) is 11.3 Å². The molecule has 3 rings (SSSR count). The molecular weight excluding hydrogens is 383 g/mol. The molecule has 10 heteroatoms. The fraction of sp³-hybridized carbons (Fsp3) is 0.118. The number of anilines is 2. The summed E-state index contributed by atoms with van der Waals surface area (Å²) < 4.78 is 39.5. The molecule has 0 saturated carbocycles. The molecule has 27 heavy (non-hydrogen) atoms. The lowest BCUT2D eigenvalue weighted by atomic mass is 10.1. The number of nitrogen functional groups attached to an aromatic ring is 1. The van der Waals surface area contributed by atoms with Crippen molar-refractivity contribution in [1.29, 1.82) is 0 Å². The van der Waals surface area contributed by atoms with E-state index in [-0.39, 0.29) is 22.8 Å². The van der Waals surface area contributed by atoms with Crippen molar-refractivity contribution in [2.75, 3.05) is 11.1 Å². The van der Waals surface area contributed by atoms with E-state index in [0.29, 0.717) is 10.7 Å². The number of hydrogen-bond donors (Lipinski definition) is 2. The van der Waals surface area contributed by atoms with Crippen LogP contribution in [0.5, 0.6) is 0 Å². The molecule has 1 aromatic carbocycles. The van der Waals surface area contributed by atoms with E-state index in [2.05, 4.69) is 15.4 Å². The zero-order valence-corrected chi connectivity index (χ0v) is 14.6. The predicted octanol–water partition coefficient (Wildman–Crippen LogP) is 3.99. The lowest BCUT2D eigenvalue weighted by Crippen LogP contribution is -2.15. The molecular formula is C17H13ClF3N5O. The van der Waals surface area contributed by atoms with E-state index in [1.54, 1.807) is 24.3 Å². The first-order valence-electron chi connectivity index (χ1n) is 7.61. The number of nitrogens with zero attached hydrogens (tertiary/aromatic N) is 3. The van der Waals surface area contributed by atoms with E-state index >= 15 is 0 Å². The van der Waals surface area contributed by atoms with E-state index in [1.807, 2.05) is 0 Å². The monoisotopic (exact) mass is 395 g/mol. The maximum absolute atomic E-state index is 12.8. The first-order chi connectivity index (χ1) is 12.7. The Morgan fingerprint density at radius 1 is 1.22 bits per heavy atom. The maximum atomic E-state index is 12.8. The Hall–Kier alpha value is -3.07. The maximum Gasteiger partial charge on any atom is 0.435 e. The highest BCUT2D eigenvalue weighted by atomic mass is 35.5. The summed E-state index contributed by atoms with van der Waals surface area (Å²) in [4.78, 5) is 16.3. The van der Waals surface area contributed by atoms with Gasteiger partial charge < -0.3 is 11.1 Å². The Balaban J connectivity index is 1.89. The van der Waals surface area contributed by atoms with Crippen molar-refractivity contribution in [3.63, 3.8) is 0 Å². The molecule has 6 nitrogen and oxygen atoms in total. The number of pyridine rings is 1. The molecule has 0 saturated heterocycles. The van der Waals surface area contributed by atoms with E-state index in [9.17, 15) is 18.0 Å². The zero-order valence-electron chi connectivity index (χ0n) is 13.9. The van der Waals surface area contributed by atoms with Crippen molar-refractivity contribution < 1.29 is 18.0 Å². The molecule has 0 aliphatic heterocycles. The summed E-state index contributed by atoms with van der Waals surface area (Å²) in [6.45, 7) is 0. The van der Waals surface area contributed by atoms with Crippen LogP contribution in [0.1, 0.15) is 16.2 Å². The summed E-state index contributed by atoms with van der Waals surface area (Å²) in [6.07, 6.45) is -4.58. The largest absolute Gasteiger partial charge is 0.435 e. The van der Waals surface area contributed by atoms with Gasteiger partial charge in [0.25, 0.3) is 5.91 Å². The van der Waals surface area contributed by atoms with Gasteiger partial charge in [0.15, 0.2) is 5.69 Å². The van der Waals surface area contributed by atoms with Gasteiger partial charge in [-0.05, 0) is 30.3 Å². The van der Waals surface area contributed by atoms with Gasteiger partial charge in [-0.15, -0.1) is 0 Å². The van der Waals surface area contributed by atoms with Crippen molar-refractivity contribution in [2.24, 2.45) is 7.05 Å². The number of nitrogens with two attached hydrogens (primary N) is 1. The molecule has 0 bridgehead atoms. The number of aryl methyl sites for hydroxylation is 1. The highest BCUT2D eigenvalue weighted by Gasteiger charge is 2.35. The van der Waals surface area contributed by atoms with Crippen LogP contribution >= 0.6 is 11.6 Å². The summed E-state index contributed by atoms with van der Waals surface area (Å²) in [7, 11) is 1.36. The number of carbonyl (C=O) groups is 1. The Morgan fingerprint density at radius 2 is 1.93 bits per heavy atom. The number of para-hydroxylation sites is 1. The van der Waals surface area contributed by atoms with E-state index in [1.165, 1.54) is 19.2 Å². The smallest absolute Gasteiger partial charge is 0.383 e. The molecule has 0 unspecified atom stereocenters. The van der Waals surface area contributed by atoms with Crippen LogP contribution in [0.2, 0.25) is 5.02 Å². The predicted molar refractivity (Wildman–Crippen MR) is 95.3 cm³/mol. The van der Waals surface area contributed by atoms with Gasteiger partial charge in [0.1, 0.15) is 11.5 Å². The number of halogens is 4. The van der Waals surface area contributed by atoms with Crippen LogP contribution in [0.25, 0.3) is 11.3 Å². The number of rotatable bonds is 3. The number of nitrogens with one attached hydrogen (secondary N) is 1. The second-order valence-corrected chi connectivity index (χ2v) is 6.01. The average Bonchev–Trinajstić information content (AvgIpc) is 2.99. The molecule has 0 atom stereocenters. The second-order valence-electron chi connectivity index (χ2n) is 5.60. The minimum atomic E-state index is -4.58. The standard InChI is InChI=1S/C17H13ClF3N5O/c1-26-13(8-14(25-26)17(19,20)21)9-6-7-12(23-15(9)22)16(27)24-11-5-3-2-4-10(11)18/h2-8H,1H3,(H2,22,23)(H,24,27). The van der Waals surface area contributed by atoms with Crippen molar-refractivity contribution in [1.82, 2.24) is 14.8 Å². The van der Waals surface area contributed by atoms with Crippen molar-refractivity contribution >= 4 is 29.0 Å². The summed E-state index contributed by atoms with van der Waals surface area (Å²) in [5, 5.41) is 6.38. The topological polar surface area (TPSA) is 85.8 Å². The van der Waals surface area contributed by atoms with Gasteiger partial charge in [0, 0.05) is 12.6 Å². The minimum Gasteiger partial charge on any atom is -0.383 e. The number of carbonyl (C=O) groups excluding carboxylic acids is 1. The molecule has 2 heterocycles. The number of hydrogen-bond acceptors (Lipinski definition) is 4. The molecule has 140 valence electrons. The first-order valence-corrected chi connectivity index (χ1v) is 7.98. The zero-order chi connectivity index (χ0) is 19.8. The number of alkyl halides is 3. The van der Waals surface area contributed by atoms with Gasteiger partial charge in [0.05, 0.1) is 16.4 Å². The molecule has 0 aliphatic rings. The lowest BCUT2D eigenvalue weighted by molar-refractivity contribution is -0.141. The summed E-state index contributed by atoms with van der Waals surface area (Å²) in [5.41, 5.74) is 5.57. The molecule has 2 aromatic heterocycles. The third-order valence-electron chi connectivity index (χ3n) is 3.73. The molecule has 0 aliphatic carbocycles. The van der Waals surface area contributed by atoms with Crippen molar-refractivity contribution in [2.45, 2.75) is 6.18 Å². The third kappa shape index (κ3) is 3.87. The summed E-state index contributed by atoms with van der Waals surface area (Å²) in [6, 6.07) is 10.3. The van der Waals surface area contributed by atoms with Crippen LogP contribution in [-0.4, -0.2) is 20.7 Å². The third-order valence-corrected chi connectivity index (χ3v) is 4.06. The van der Waals surface area contributed by atoms with Gasteiger partial charge >= 0.3 is 6.18 Å². The fourth-order valence-corrected chi connectivity index (χ4v) is 2.61. The molecule has 1 amide bonds. The molecule has 3 N–H and O–H groups in total. The van der Waals surface area contributed by atoms with Gasteiger partial charge in [-0.2, -0.15) is 18.3 Å². The Labute approximate surface area is 156 Å². The van der Waals surface area contributed by atoms with Crippen LogP contribution in [0.3, 0.4) is 0 Å². The van der Waals surface area contributed by atoms with E-state index in [0.717, 1.165) is 10.7 Å². The Kier molecular flexibility index (Phi) is 4.79. The second kappa shape index (κ2) is 6.92. The number of aromatic nitrogens is 3. The highest BCUT2D eigenvalue weighted by molar-refractivity contribution is 6.33. The average molecular weight is 396 g/mol. The van der Waals surface area contributed by atoms with Crippen LogP contribution in [-0.2, 0) is 13.2 Å². The number of benzene rings is 1. The van der Waals surface area contributed by atoms with Gasteiger partial charge in [-0.3, -0.25) is 9.48 Å². The SMILES string of the molecule is Cn1nc(C(F)(F)F)cc1-c1ccc(C(=O)Nc2ccccc2Cl)nc1N.